The molecule has 5 heteroatoms. The number of nitrogens with zero attached hydrogens (tertiary/aromatic N) is 1. The van der Waals surface area contributed by atoms with Crippen molar-refractivity contribution in [1.29, 1.82) is 0 Å². The van der Waals surface area contributed by atoms with Crippen molar-refractivity contribution >= 4 is 11.7 Å². The number of nitrogens with one attached hydrogen (secondary N) is 1. The van der Waals surface area contributed by atoms with Crippen LogP contribution in [0.15, 0.2) is 35.5 Å². The maximum Gasteiger partial charge on any atom is 0.335 e. The van der Waals surface area contributed by atoms with Gasteiger partial charge in [-0.1, -0.05) is 18.2 Å². The Morgan fingerprint density at radius 3 is 2.92 bits per heavy atom. The highest BCUT2D eigenvalue weighted by Crippen LogP contribution is 2.69. The normalized spacial score (nSPS) is 42.9. The number of anilines is 1. The van der Waals surface area contributed by atoms with Gasteiger partial charge in [0, 0.05) is 17.3 Å². The van der Waals surface area contributed by atoms with E-state index >= 15 is 0 Å². The van der Waals surface area contributed by atoms with Crippen LogP contribution in [0, 0.1) is 5.92 Å². The van der Waals surface area contributed by atoms with Gasteiger partial charge in [0.1, 0.15) is 5.60 Å². The highest BCUT2D eigenvalue weighted by molar-refractivity contribution is 5.94. The largest absolute Gasteiger partial charge is 0.466 e. The van der Waals surface area contributed by atoms with Crippen LogP contribution in [0.1, 0.15) is 25.3 Å². The maximum absolute atomic E-state index is 12.9. The van der Waals surface area contributed by atoms with Crippen molar-refractivity contribution in [1.82, 2.24) is 4.90 Å². The molecule has 130 valence electrons. The molecule has 1 N–H and O–H groups in total. The standard InChI is InChI=1S/C20H22N2O3/c1-11-20(25-11)13-7-9-22-10-8-19(18(20)22)12-5-3-4-6-14(12)21-16(19)15(13)17(23)24-2/h3-6,11,13,18,21H,7-10H2,1-2H3/t11-,13-,18+,19-,20-/m1/s1. The Balaban J connectivity index is 1.70. The number of methoxy groups -OCH3 is 1. The molecule has 3 fully saturated rings. The molecule has 1 aromatic rings. The second-order valence-corrected chi connectivity index (χ2v) is 8.07. The molecule has 0 amide bonds. The number of epoxide rings is 1. The van der Waals surface area contributed by atoms with Gasteiger partial charge in [0.15, 0.2) is 0 Å². The number of benzene rings is 1. The maximum atomic E-state index is 12.9. The summed E-state index contributed by atoms with van der Waals surface area (Å²) in [4.78, 5) is 15.5. The number of para-hydroxylation sites is 1. The first-order chi connectivity index (χ1) is 12.1. The van der Waals surface area contributed by atoms with Crippen LogP contribution >= 0.6 is 0 Å². The Bertz CT molecular complexity index is 849. The summed E-state index contributed by atoms with van der Waals surface area (Å²) in [5, 5.41) is 3.63. The summed E-state index contributed by atoms with van der Waals surface area (Å²) in [6.07, 6.45) is 2.18. The first kappa shape index (κ1) is 14.3. The Morgan fingerprint density at radius 1 is 1.36 bits per heavy atom. The highest BCUT2D eigenvalue weighted by atomic mass is 16.6. The number of carbonyl (C=O) groups excluding carboxylic acids is 1. The molecular weight excluding hydrogens is 316 g/mol. The molecule has 0 unspecified atom stereocenters. The van der Waals surface area contributed by atoms with Crippen LogP contribution in [0.2, 0.25) is 0 Å². The van der Waals surface area contributed by atoms with Crippen molar-refractivity contribution in [2.75, 3.05) is 25.5 Å². The van der Waals surface area contributed by atoms with Gasteiger partial charge in [-0.25, -0.2) is 4.79 Å². The van der Waals surface area contributed by atoms with E-state index in [0.717, 1.165) is 42.9 Å². The number of piperidine rings is 1. The molecule has 2 spiro atoms. The monoisotopic (exact) mass is 338 g/mol. The second kappa shape index (κ2) is 4.27. The smallest absolute Gasteiger partial charge is 0.335 e. The Hall–Kier alpha value is -1.85. The third-order valence-electron chi connectivity index (χ3n) is 7.40. The van der Waals surface area contributed by atoms with Gasteiger partial charge in [-0.15, -0.1) is 0 Å². The van der Waals surface area contributed by atoms with Gasteiger partial charge in [0.25, 0.3) is 0 Å². The lowest BCUT2D eigenvalue weighted by molar-refractivity contribution is -0.138. The zero-order valence-electron chi connectivity index (χ0n) is 14.5. The molecule has 6 rings (SSSR count). The molecule has 3 saturated heterocycles. The van der Waals surface area contributed by atoms with Crippen LogP contribution < -0.4 is 5.32 Å². The molecule has 4 heterocycles. The molecule has 0 aromatic heterocycles. The minimum absolute atomic E-state index is 0.124. The Morgan fingerprint density at radius 2 is 2.16 bits per heavy atom. The lowest BCUT2D eigenvalue weighted by Crippen LogP contribution is -2.64. The number of fused-ring (bicyclic) bond motifs is 1. The van der Waals surface area contributed by atoms with Gasteiger partial charge in [0.05, 0.1) is 30.2 Å². The summed E-state index contributed by atoms with van der Waals surface area (Å²) in [5.74, 6) is -0.0696. The molecule has 1 aromatic carbocycles. The van der Waals surface area contributed by atoms with E-state index in [2.05, 4.69) is 41.4 Å². The van der Waals surface area contributed by atoms with Crippen LogP contribution in [-0.2, 0) is 19.7 Å². The van der Waals surface area contributed by atoms with Crippen molar-refractivity contribution in [3.05, 3.63) is 41.1 Å². The molecule has 4 aliphatic heterocycles. The number of rotatable bonds is 1. The topological polar surface area (TPSA) is 54.1 Å². The van der Waals surface area contributed by atoms with Crippen molar-refractivity contribution in [2.24, 2.45) is 5.92 Å². The molecule has 5 aliphatic rings. The predicted molar refractivity (Wildman–Crippen MR) is 92.1 cm³/mol. The van der Waals surface area contributed by atoms with Gasteiger partial charge in [0.2, 0.25) is 0 Å². The summed E-state index contributed by atoms with van der Waals surface area (Å²) in [6, 6.07) is 8.83. The van der Waals surface area contributed by atoms with Crippen molar-refractivity contribution in [3.8, 4) is 0 Å². The lowest BCUT2D eigenvalue weighted by Gasteiger charge is -2.51. The lowest BCUT2D eigenvalue weighted by atomic mass is 9.57. The van der Waals surface area contributed by atoms with Gasteiger partial charge < -0.3 is 14.8 Å². The predicted octanol–water partition coefficient (Wildman–Crippen LogP) is 2.04. The summed E-state index contributed by atoms with van der Waals surface area (Å²) in [6.45, 7) is 4.25. The van der Waals surface area contributed by atoms with E-state index in [9.17, 15) is 4.79 Å². The molecule has 0 saturated carbocycles. The highest BCUT2D eigenvalue weighted by Gasteiger charge is 2.78. The van der Waals surface area contributed by atoms with E-state index in [4.69, 9.17) is 9.47 Å². The first-order valence-electron chi connectivity index (χ1n) is 9.26. The zero-order chi connectivity index (χ0) is 17.0. The van der Waals surface area contributed by atoms with Crippen LogP contribution in [0.4, 0.5) is 5.69 Å². The summed E-state index contributed by atoms with van der Waals surface area (Å²) in [7, 11) is 1.49. The van der Waals surface area contributed by atoms with E-state index in [1.807, 2.05) is 0 Å². The molecule has 5 atom stereocenters. The van der Waals surface area contributed by atoms with Gasteiger partial charge in [-0.3, -0.25) is 4.90 Å². The number of esters is 1. The number of hydrogen-bond acceptors (Lipinski definition) is 5. The number of carbonyl (C=O) groups is 1. The van der Waals surface area contributed by atoms with E-state index < -0.39 is 0 Å². The van der Waals surface area contributed by atoms with E-state index in [1.54, 1.807) is 0 Å². The molecular formula is C20H22N2O3. The average molecular weight is 338 g/mol. The van der Waals surface area contributed by atoms with Crippen LogP contribution in [0.25, 0.3) is 0 Å². The minimum Gasteiger partial charge on any atom is -0.466 e. The molecule has 1 aliphatic carbocycles. The van der Waals surface area contributed by atoms with E-state index in [-0.39, 0.29) is 29.0 Å². The number of ether oxygens (including phenoxy) is 2. The minimum atomic E-state index is -0.235. The average Bonchev–Trinajstić information content (AvgIpc) is 2.99. The quantitative estimate of drug-likeness (QED) is 0.627. The van der Waals surface area contributed by atoms with Gasteiger partial charge >= 0.3 is 5.97 Å². The first-order valence-corrected chi connectivity index (χ1v) is 9.26. The second-order valence-electron chi connectivity index (χ2n) is 8.07. The molecule has 25 heavy (non-hydrogen) atoms. The van der Waals surface area contributed by atoms with Crippen molar-refractivity contribution < 1.29 is 14.3 Å². The molecule has 2 bridgehead atoms. The van der Waals surface area contributed by atoms with Crippen LogP contribution in [0.5, 0.6) is 0 Å². The Kier molecular flexibility index (Phi) is 2.45. The molecule has 0 radical (unpaired) electrons. The van der Waals surface area contributed by atoms with E-state index in [0.29, 0.717) is 6.04 Å². The number of hydrogen-bond donors (Lipinski definition) is 1. The molecule has 5 nitrogen and oxygen atoms in total. The fourth-order valence-electron chi connectivity index (χ4n) is 6.56. The van der Waals surface area contributed by atoms with Crippen molar-refractivity contribution in [3.63, 3.8) is 0 Å². The summed E-state index contributed by atoms with van der Waals surface area (Å²) >= 11 is 0. The van der Waals surface area contributed by atoms with E-state index in [1.165, 1.54) is 12.7 Å². The third-order valence-corrected chi connectivity index (χ3v) is 7.40. The van der Waals surface area contributed by atoms with Crippen LogP contribution in [0.3, 0.4) is 0 Å². The summed E-state index contributed by atoms with van der Waals surface area (Å²) in [5.41, 5.74) is 3.98. The fraction of sp³-hybridized carbons (Fsp3) is 0.550. The Labute approximate surface area is 147 Å². The van der Waals surface area contributed by atoms with Crippen LogP contribution in [-0.4, -0.2) is 48.8 Å². The third kappa shape index (κ3) is 1.37. The summed E-state index contributed by atoms with van der Waals surface area (Å²) < 4.78 is 11.6. The van der Waals surface area contributed by atoms with Gasteiger partial charge in [-0.2, -0.15) is 0 Å². The zero-order valence-corrected chi connectivity index (χ0v) is 14.5. The SMILES string of the molecule is COC(=O)C1=C2Nc3ccccc3[C@]23CCN2CC[C@H]1[C@@]1(O[C@@H]1C)[C@@H]23. The van der Waals surface area contributed by atoms with Crippen molar-refractivity contribution in [2.45, 2.75) is 42.9 Å². The van der Waals surface area contributed by atoms with Gasteiger partial charge in [-0.05, 0) is 44.5 Å². The fourth-order valence-corrected chi connectivity index (χ4v) is 6.56.